The van der Waals surface area contributed by atoms with Gasteiger partial charge in [-0.25, -0.2) is 0 Å². The Morgan fingerprint density at radius 2 is 2.12 bits per heavy atom. The van der Waals surface area contributed by atoms with Crippen LogP contribution in [0.1, 0.15) is 24.5 Å². The maximum atomic E-state index is 11.3. The lowest BCUT2D eigenvalue weighted by molar-refractivity contribution is 0.471. The minimum Gasteiger partial charge on any atom is -0.313 e. The predicted molar refractivity (Wildman–Crippen MR) is 73.8 cm³/mol. The average Bonchev–Trinajstić information content (AvgIpc) is 2.38. The van der Waals surface area contributed by atoms with Gasteiger partial charge in [0.2, 0.25) is 0 Å². The second-order valence-electron chi connectivity index (χ2n) is 4.60. The van der Waals surface area contributed by atoms with Crippen molar-refractivity contribution in [2.24, 2.45) is 0 Å². The first-order valence-electron chi connectivity index (χ1n) is 6.44. The predicted octanol–water partition coefficient (Wildman–Crippen LogP) is 1.90. The van der Waals surface area contributed by atoms with Crippen molar-refractivity contribution in [1.29, 1.82) is 0 Å². The minimum absolute atomic E-state index is 0.568. The standard InChI is InChI=1S/C14H21NOS/c1-2-17(16)10-9-15-14-8-7-12-5-3-4-6-13(12)11-14/h3-6,14-15H,2,7-11H2,1H3. The molecule has 0 amide bonds. The summed E-state index contributed by atoms with van der Waals surface area (Å²) in [6.45, 7) is 2.86. The van der Waals surface area contributed by atoms with E-state index in [1.54, 1.807) is 0 Å². The summed E-state index contributed by atoms with van der Waals surface area (Å²) < 4.78 is 11.3. The Kier molecular flexibility index (Phi) is 4.75. The van der Waals surface area contributed by atoms with Crippen LogP contribution >= 0.6 is 0 Å². The lowest BCUT2D eigenvalue weighted by Crippen LogP contribution is -2.36. The van der Waals surface area contributed by atoms with Gasteiger partial charge in [-0.05, 0) is 30.4 Å². The molecule has 1 aliphatic carbocycles. The van der Waals surface area contributed by atoms with Crippen molar-refractivity contribution in [3.8, 4) is 0 Å². The van der Waals surface area contributed by atoms with Crippen molar-refractivity contribution in [2.75, 3.05) is 18.1 Å². The quantitative estimate of drug-likeness (QED) is 0.866. The van der Waals surface area contributed by atoms with E-state index in [1.807, 2.05) is 6.92 Å². The third-order valence-electron chi connectivity index (χ3n) is 3.43. The summed E-state index contributed by atoms with van der Waals surface area (Å²) >= 11 is 0. The van der Waals surface area contributed by atoms with Crippen LogP contribution in [0.4, 0.5) is 0 Å². The van der Waals surface area contributed by atoms with Gasteiger partial charge in [0.15, 0.2) is 0 Å². The first-order valence-corrected chi connectivity index (χ1v) is 7.93. The van der Waals surface area contributed by atoms with Crippen LogP contribution in [0.25, 0.3) is 0 Å². The molecule has 3 heteroatoms. The number of fused-ring (bicyclic) bond motifs is 1. The molecule has 0 bridgehead atoms. The van der Waals surface area contributed by atoms with E-state index >= 15 is 0 Å². The van der Waals surface area contributed by atoms with Gasteiger partial charge < -0.3 is 5.32 Å². The second-order valence-corrected chi connectivity index (χ2v) is 6.46. The van der Waals surface area contributed by atoms with Crippen LogP contribution in [-0.2, 0) is 23.6 Å². The summed E-state index contributed by atoms with van der Waals surface area (Å²) in [5, 5.41) is 3.53. The molecule has 94 valence electrons. The van der Waals surface area contributed by atoms with E-state index in [4.69, 9.17) is 0 Å². The van der Waals surface area contributed by atoms with Gasteiger partial charge in [-0.15, -0.1) is 0 Å². The lowest BCUT2D eigenvalue weighted by atomic mass is 9.88. The van der Waals surface area contributed by atoms with Crippen LogP contribution in [0.5, 0.6) is 0 Å². The Morgan fingerprint density at radius 3 is 2.88 bits per heavy atom. The Morgan fingerprint density at radius 1 is 1.35 bits per heavy atom. The van der Waals surface area contributed by atoms with Crippen molar-refractivity contribution in [3.63, 3.8) is 0 Å². The molecule has 17 heavy (non-hydrogen) atoms. The van der Waals surface area contributed by atoms with Crippen molar-refractivity contribution in [1.82, 2.24) is 5.32 Å². The van der Waals surface area contributed by atoms with Crippen LogP contribution in [0.2, 0.25) is 0 Å². The number of hydrogen-bond acceptors (Lipinski definition) is 2. The van der Waals surface area contributed by atoms with Crippen LogP contribution in [0.15, 0.2) is 24.3 Å². The maximum Gasteiger partial charge on any atom is 0.0360 e. The average molecular weight is 251 g/mol. The molecule has 0 heterocycles. The van der Waals surface area contributed by atoms with Gasteiger partial charge in [0.25, 0.3) is 0 Å². The van der Waals surface area contributed by atoms with Crippen LogP contribution in [0.3, 0.4) is 0 Å². The molecule has 1 aliphatic rings. The molecule has 1 aromatic rings. The minimum atomic E-state index is -0.639. The monoisotopic (exact) mass is 251 g/mol. The van der Waals surface area contributed by atoms with Crippen LogP contribution in [0, 0.1) is 0 Å². The smallest absolute Gasteiger partial charge is 0.0360 e. The molecular formula is C14H21NOS. The summed E-state index contributed by atoms with van der Waals surface area (Å²) in [6.07, 6.45) is 3.50. The fourth-order valence-corrected chi connectivity index (χ4v) is 3.03. The lowest BCUT2D eigenvalue weighted by Gasteiger charge is -2.25. The number of rotatable bonds is 5. The van der Waals surface area contributed by atoms with Gasteiger partial charge in [0.05, 0.1) is 0 Å². The van der Waals surface area contributed by atoms with Crippen molar-refractivity contribution >= 4 is 10.8 Å². The molecule has 0 aliphatic heterocycles. The van der Waals surface area contributed by atoms with E-state index < -0.39 is 10.8 Å². The van der Waals surface area contributed by atoms with Gasteiger partial charge in [-0.2, -0.15) is 0 Å². The molecule has 0 spiro atoms. The van der Waals surface area contributed by atoms with E-state index in [0.717, 1.165) is 24.5 Å². The fourth-order valence-electron chi connectivity index (χ4n) is 2.39. The normalized spacial score (nSPS) is 20.9. The van der Waals surface area contributed by atoms with Gasteiger partial charge in [0, 0.05) is 34.9 Å². The van der Waals surface area contributed by atoms with E-state index in [9.17, 15) is 4.21 Å². The Balaban J connectivity index is 1.80. The third kappa shape index (κ3) is 3.65. The SMILES string of the molecule is CCS(=O)CCNC1CCc2ccccc2C1. The Labute approximate surface area is 106 Å². The van der Waals surface area contributed by atoms with Gasteiger partial charge in [0.1, 0.15) is 0 Å². The highest BCUT2D eigenvalue weighted by atomic mass is 32.2. The van der Waals surface area contributed by atoms with Crippen molar-refractivity contribution in [2.45, 2.75) is 32.2 Å². The highest BCUT2D eigenvalue weighted by Crippen LogP contribution is 2.20. The summed E-state index contributed by atoms with van der Waals surface area (Å²) in [6, 6.07) is 9.27. The van der Waals surface area contributed by atoms with E-state index in [-0.39, 0.29) is 0 Å². The molecule has 0 saturated carbocycles. The molecule has 0 saturated heterocycles. The van der Waals surface area contributed by atoms with Crippen molar-refractivity contribution in [3.05, 3.63) is 35.4 Å². The largest absolute Gasteiger partial charge is 0.313 e. The molecule has 0 aromatic heterocycles. The summed E-state index contributed by atoms with van der Waals surface area (Å²) in [5.74, 6) is 1.56. The van der Waals surface area contributed by atoms with Gasteiger partial charge in [-0.1, -0.05) is 31.2 Å². The number of hydrogen-bond donors (Lipinski definition) is 1. The Hall–Kier alpha value is -0.670. The molecule has 1 N–H and O–H groups in total. The fraction of sp³-hybridized carbons (Fsp3) is 0.571. The first-order chi connectivity index (χ1) is 8.29. The molecule has 1 aromatic carbocycles. The zero-order chi connectivity index (χ0) is 12.1. The highest BCUT2D eigenvalue weighted by Gasteiger charge is 2.17. The zero-order valence-corrected chi connectivity index (χ0v) is 11.3. The molecule has 2 unspecified atom stereocenters. The maximum absolute atomic E-state index is 11.3. The first kappa shape index (κ1) is 12.8. The summed E-state index contributed by atoms with van der Waals surface area (Å²) in [7, 11) is -0.639. The highest BCUT2D eigenvalue weighted by molar-refractivity contribution is 7.84. The zero-order valence-electron chi connectivity index (χ0n) is 10.4. The molecule has 2 atom stereocenters. The molecular weight excluding hydrogens is 230 g/mol. The van der Waals surface area contributed by atoms with E-state index in [0.29, 0.717) is 6.04 Å². The topological polar surface area (TPSA) is 29.1 Å². The van der Waals surface area contributed by atoms with Crippen LogP contribution < -0.4 is 5.32 Å². The second kappa shape index (κ2) is 6.31. The Bertz CT molecular complexity index is 392. The van der Waals surface area contributed by atoms with E-state index in [2.05, 4.69) is 29.6 Å². The summed E-state index contributed by atoms with van der Waals surface area (Å²) in [5.41, 5.74) is 2.98. The molecule has 2 nitrogen and oxygen atoms in total. The molecule has 2 rings (SSSR count). The number of benzene rings is 1. The van der Waals surface area contributed by atoms with Crippen LogP contribution in [-0.4, -0.2) is 28.3 Å². The number of aryl methyl sites for hydroxylation is 1. The van der Waals surface area contributed by atoms with Crippen molar-refractivity contribution < 1.29 is 4.21 Å². The number of nitrogens with one attached hydrogen (secondary N) is 1. The van der Waals surface area contributed by atoms with Gasteiger partial charge >= 0.3 is 0 Å². The van der Waals surface area contributed by atoms with Gasteiger partial charge in [-0.3, -0.25) is 4.21 Å². The van der Waals surface area contributed by atoms with E-state index in [1.165, 1.54) is 24.0 Å². The molecule has 0 fully saturated rings. The third-order valence-corrected chi connectivity index (χ3v) is 4.73. The molecule has 0 radical (unpaired) electrons. The summed E-state index contributed by atoms with van der Waals surface area (Å²) in [4.78, 5) is 0.